The van der Waals surface area contributed by atoms with Gasteiger partial charge in [-0.1, -0.05) is 6.92 Å². The van der Waals surface area contributed by atoms with Crippen molar-refractivity contribution >= 4 is 27.6 Å². The zero-order valence-electron chi connectivity index (χ0n) is 16.9. The molecule has 0 spiro atoms. The first-order valence-corrected chi connectivity index (χ1v) is 9.87. The van der Waals surface area contributed by atoms with Crippen molar-refractivity contribution in [1.82, 2.24) is 34.1 Å². The minimum absolute atomic E-state index is 0.117. The van der Waals surface area contributed by atoms with E-state index in [2.05, 4.69) is 46.7 Å². The molecular weight excluding hydrogens is 362 g/mol. The molecule has 5 aromatic rings. The Morgan fingerprint density at radius 1 is 1.10 bits per heavy atom. The van der Waals surface area contributed by atoms with Crippen LogP contribution in [0.25, 0.3) is 27.6 Å². The Labute approximate surface area is 167 Å². The van der Waals surface area contributed by atoms with E-state index >= 15 is 0 Å². The van der Waals surface area contributed by atoms with E-state index in [4.69, 9.17) is 15.1 Å². The van der Waals surface area contributed by atoms with Gasteiger partial charge in [-0.2, -0.15) is 5.10 Å². The van der Waals surface area contributed by atoms with Crippen LogP contribution in [0.1, 0.15) is 42.3 Å². The molecule has 1 unspecified atom stereocenters. The number of aryl methyl sites for hydroxylation is 3. The summed E-state index contributed by atoms with van der Waals surface area (Å²) in [5.74, 6) is 2.25. The average Bonchev–Trinajstić information content (AvgIpc) is 3.08. The lowest BCUT2D eigenvalue weighted by Crippen LogP contribution is -2.09. The lowest BCUT2D eigenvalue weighted by Gasteiger charge is -2.07. The SMILES string of the molecule is Cc1ncc(C)n2nc(C3(C)C[C@@H]3c3nc4c5cccnc5ccc4n3C)nc12. The van der Waals surface area contributed by atoms with Crippen molar-refractivity contribution in [2.24, 2.45) is 7.05 Å². The van der Waals surface area contributed by atoms with E-state index in [1.54, 1.807) is 0 Å². The second-order valence-corrected chi connectivity index (χ2v) is 8.36. The molecule has 2 atom stereocenters. The molecule has 1 aromatic carbocycles. The van der Waals surface area contributed by atoms with E-state index in [1.807, 2.05) is 36.8 Å². The van der Waals surface area contributed by atoms with Crippen LogP contribution in [-0.2, 0) is 12.5 Å². The molecule has 7 nitrogen and oxygen atoms in total. The van der Waals surface area contributed by atoms with Gasteiger partial charge in [-0.05, 0) is 44.5 Å². The minimum Gasteiger partial charge on any atom is -0.331 e. The summed E-state index contributed by atoms with van der Waals surface area (Å²) in [5.41, 5.74) is 5.74. The highest BCUT2D eigenvalue weighted by Gasteiger charge is 2.57. The summed E-state index contributed by atoms with van der Waals surface area (Å²) in [5, 5.41) is 5.93. The van der Waals surface area contributed by atoms with Crippen molar-refractivity contribution < 1.29 is 0 Å². The topological polar surface area (TPSA) is 73.8 Å². The van der Waals surface area contributed by atoms with Gasteiger partial charge >= 0.3 is 0 Å². The Morgan fingerprint density at radius 2 is 1.97 bits per heavy atom. The molecule has 4 heterocycles. The lowest BCUT2D eigenvalue weighted by molar-refractivity contribution is 0.651. The summed E-state index contributed by atoms with van der Waals surface area (Å²) in [4.78, 5) is 18.8. The average molecular weight is 383 g/mol. The van der Waals surface area contributed by atoms with E-state index in [9.17, 15) is 0 Å². The smallest absolute Gasteiger partial charge is 0.177 e. The fourth-order valence-corrected chi connectivity index (χ4v) is 4.46. The van der Waals surface area contributed by atoms with Crippen LogP contribution in [0, 0.1) is 13.8 Å². The van der Waals surface area contributed by atoms with Crippen LogP contribution in [0.4, 0.5) is 0 Å². The van der Waals surface area contributed by atoms with Gasteiger partial charge in [0.15, 0.2) is 11.5 Å². The zero-order valence-corrected chi connectivity index (χ0v) is 16.9. The third-order valence-corrected chi connectivity index (χ3v) is 6.44. The van der Waals surface area contributed by atoms with Crippen molar-refractivity contribution in [2.75, 3.05) is 0 Å². The van der Waals surface area contributed by atoms with E-state index in [0.29, 0.717) is 0 Å². The molecule has 4 aromatic heterocycles. The minimum atomic E-state index is -0.117. The highest BCUT2D eigenvalue weighted by Crippen LogP contribution is 2.59. The Kier molecular flexibility index (Phi) is 3.07. The number of fused-ring (bicyclic) bond motifs is 4. The molecule has 1 fully saturated rings. The fraction of sp³-hybridized carbons (Fsp3) is 0.318. The van der Waals surface area contributed by atoms with Crippen molar-refractivity contribution in [3.05, 3.63) is 59.7 Å². The molecule has 1 aliphatic rings. The van der Waals surface area contributed by atoms with E-state index in [0.717, 1.165) is 57.0 Å². The van der Waals surface area contributed by atoms with Crippen LogP contribution in [0.2, 0.25) is 0 Å². The number of nitrogens with zero attached hydrogens (tertiary/aromatic N) is 7. The largest absolute Gasteiger partial charge is 0.331 e. The summed E-state index contributed by atoms with van der Waals surface area (Å²) in [6.07, 6.45) is 4.66. The molecule has 0 saturated heterocycles. The Balaban J connectivity index is 1.48. The number of aromatic nitrogens is 7. The van der Waals surface area contributed by atoms with Gasteiger partial charge in [0, 0.05) is 36.2 Å². The summed E-state index contributed by atoms with van der Waals surface area (Å²) in [7, 11) is 2.10. The Hall–Kier alpha value is -3.35. The van der Waals surface area contributed by atoms with Crippen molar-refractivity contribution in [3.8, 4) is 0 Å². The highest BCUT2D eigenvalue weighted by molar-refractivity contribution is 6.02. The van der Waals surface area contributed by atoms with Crippen LogP contribution in [0.5, 0.6) is 0 Å². The predicted molar refractivity (Wildman–Crippen MR) is 111 cm³/mol. The molecule has 144 valence electrons. The molecule has 29 heavy (non-hydrogen) atoms. The third-order valence-electron chi connectivity index (χ3n) is 6.44. The number of benzene rings is 1. The lowest BCUT2D eigenvalue weighted by atomic mass is 10.1. The van der Waals surface area contributed by atoms with Crippen LogP contribution >= 0.6 is 0 Å². The van der Waals surface area contributed by atoms with Crippen LogP contribution in [-0.4, -0.2) is 34.1 Å². The first-order chi connectivity index (χ1) is 14.0. The maximum Gasteiger partial charge on any atom is 0.177 e. The van der Waals surface area contributed by atoms with Gasteiger partial charge < -0.3 is 4.57 Å². The van der Waals surface area contributed by atoms with E-state index in [1.165, 1.54) is 0 Å². The monoisotopic (exact) mass is 383 g/mol. The quantitative estimate of drug-likeness (QED) is 0.465. The number of imidazole rings is 1. The van der Waals surface area contributed by atoms with Crippen molar-refractivity contribution in [1.29, 1.82) is 0 Å². The summed E-state index contributed by atoms with van der Waals surface area (Å²) >= 11 is 0. The zero-order chi connectivity index (χ0) is 19.9. The molecule has 0 bridgehead atoms. The van der Waals surface area contributed by atoms with Gasteiger partial charge in [0.25, 0.3) is 0 Å². The Morgan fingerprint density at radius 3 is 2.79 bits per heavy atom. The van der Waals surface area contributed by atoms with Crippen LogP contribution < -0.4 is 0 Å². The number of hydrogen-bond acceptors (Lipinski definition) is 5. The molecule has 0 radical (unpaired) electrons. The summed E-state index contributed by atoms with van der Waals surface area (Å²) in [6, 6.07) is 8.24. The normalized spacial score (nSPS) is 21.4. The molecule has 0 aliphatic heterocycles. The molecule has 0 N–H and O–H groups in total. The molecule has 6 rings (SSSR count). The maximum atomic E-state index is 5.06. The molecular formula is C22H21N7. The van der Waals surface area contributed by atoms with Gasteiger partial charge in [0.2, 0.25) is 0 Å². The van der Waals surface area contributed by atoms with Gasteiger partial charge in [-0.3, -0.25) is 9.97 Å². The number of hydrogen-bond donors (Lipinski definition) is 0. The van der Waals surface area contributed by atoms with E-state index in [-0.39, 0.29) is 11.3 Å². The molecule has 1 aliphatic carbocycles. The van der Waals surface area contributed by atoms with Gasteiger partial charge in [-0.15, -0.1) is 0 Å². The molecule has 1 saturated carbocycles. The van der Waals surface area contributed by atoms with Crippen molar-refractivity contribution in [2.45, 2.75) is 38.5 Å². The number of pyridine rings is 1. The standard InChI is InChI=1S/C22H21N7/c1-12-11-24-13(2)19-26-21(27-29(12)19)22(3)10-15(22)20-25-18-14-6-5-9-23-16(14)7-8-17(18)28(20)4/h5-9,11,15H,10H2,1-4H3/t15-,22?/m1/s1. The van der Waals surface area contributed by atoms with Gasteiger partial charge in [0.05, 0.1) is 27.9 Å². The Bertz CT molecular complexity index is 1410. The van der Waals surface area contributed by atoms with Gasteiger partial charge in [0.1, 0.15) is 5.82 Å². The van der Waals surface area contributed by atoms with E-state index < -0.39 is 0 Å². The van der Waals surface area contributed by atoms with Crippen molar-refractivity contribution in [3.63, 3.8) is 0 Å². The first-order valence-electron chi connectivity index (χ1n) is 9.87. The van der Waals surface area contributed by atoms with Gasteiger partial charge in [-0.25, -0.2) is 14.5 Å². The maximum absolute atomic E-state index is 5.06. The third kappa shape index (κ3) is 2.15. The van der Waals surface area contributed by atoms with Crippen LogP contribution in [0.15, 0.2) is 36.7 Å². The first kappa shape index (κ1) is 16.6. The predicted octanol–water partition coefficient (Wildman–Crippen LogP) is 3.62. The van der Waals surface area contributed by atoms with Crippen LogP contribution in [0.3, 0.4) is 0 Å². The fourth-order valence-electron chi connectivity index (χ4n) is 4.46. The molecule has 0 amide bonds. The summed E-state index contributed by atoms with van der Waals surface area (Å²) < 4.78 is 4.12. The number of rotatable bonds is 2. The second kappa shape index (κ2) is 5.37. The highest BCUT2D eigenvalue weighted by atomic mass is 15.3. The second-order valence-electron chi connectivity index (χ2n) is 8.36. The molecule has 7 heteroatoms. The summed E-state index contributed by atoms with van der Waals surface area (Å²) in [6.45, 7) is 6.23.